The van der Waals surface area contributed by atoms with E-state index in [0.29, 0.717) is 26.2 Å². The van der Waals surface area contributed by atoms with Crippen molar-refractivity contribution in [2.24, 2.45) is 0 Å². The number of halogens is 2. The van der Waals surface area contributed by atoms with Crippen LogP contribution in [0.1, 0.15) is 19.8 Å². The van der Waals surface area contributed by atoms with Crippen molar-refractivity contribution in [2.45, 2.75) is 24.6 Å². The van der Waals surface area contributed by atoms with Crippen LogP contribution in [-0.2, 0) is 14.4 Å². The standard InChI is InChI=1S/C11H16Cl2N2O3/c1-8(16)2-3-9(17)14-4-6-15(7-5-14)11(18)10(12)13/h10H,2-7H2,1H3. The van der Waals surface area contributed by atoms with Crippen molar-refractivity contribution >= 4 is 40.8 Å². The van der Waals surface area contributed by atoms with E-state index in [-0.39, 0.29) is 30.4 Å². The van der Waals surface area contributed by atoms with Gasteiger partial charge in [-0.1, -0.05) is 23.2 Å². The van der Waals surface area contributed by atoms with E-state index in [1.807, 2.05) is 0 Å². The Morgan fingerprint density at radius 3 is 1.94 bits per heavy atom. The molecular formula is C11H16Cl2N2O3. The van der Waals surface area contributed by atoms with Crippen molar-refractivity contribution < 1.29 is 14.4 Å². The predicted octanol–water partition coefficient (Wildman–Crippen LogP) is 0.830. The molecule has 5 nitrogen and oxygen atoms in total. The van der Waals surface area contributed by atoms with Crippen LogP contribution in [0.15, 0.2) is 0 Å². The zero-order valence-corrected chi connectivity index (χ0v) is 11.7. The molecule has 0 aromatic carbocycles. The minimum Gasteiger partial charge on any atom is -0.339 e. The molecule has 1 saturated heterocycles. The van der Waals surface area contributed by atoms with Crippen molar-refractivity contribution in [3.05, 3.63) is 0 Å². The van der Waals surface area contributed by atoms with Gasteiger partial charge in [-0.3, -0.25) is 9.59 Å². The fourth-order valence-electron chi connectivity index (χ4n) is 1.76. The summed E-state index contributed by atoms with van der Waals surface area (Å²) in [5, 5.41) is 0. The van der Waals surface area contributed by atoms with Crippen LogP contribution in [0.2, 0.25) is 0 Å². The summed E-state index contributed by atoms with van der Waals surface area (Å²) in [5.74, 6) is -0.371. The lowest BCUT2D eigenvalue weighted by Crippen LogP contribution is -2.51. The SMILES string of the molecule is CC(=O)CCC(=O)N1CCN(C(=O)C(Cl)Cl)CC1. The van der Waals surface area contributed by atoms with Crippen molar-refractivity contribution in [2.75, 3.05) is 26.2 Å². The third-order valence-electron chi connectivity index (χ3n) is 2.82. The van der Waals surface area contributed by atoms with Gasteiger partial charge in [-0.15, -0.1) is 0 Å². The number of hydrogen-bond acceptors (Lipinski definition) is 3. The first-order chi connectivity index (χ1) is 8.41. The Morgan fingerprint density at radius 2 is 1.50 bits per heavy atom. The third-order valence-corrected chi connectivity index (χ3v) is 3.20. The number of piperazine rings is 1. The fraction of sp³-hybridized carbons (Fsp3) is 0.727. The molecule has 0 unspecified atom stereocenters. The van der Waals surface area contributed by atoms with Crippen LogP contribution in [0.25, 0.3) is 0 Å². The number of amides is 2. The van der Waals surface area contributed by atoms with Crippen molar-refractivity contribution in [1.29, 1.82) is 0 Å². The minimum absolute atomic E-state index is 0.00397. The highest BCUT2D eigenvalue weighted by atomic mass is 35.5. The number of alkyl halides is 2. The second-order valence-corrected chi connectivity index (χ2v) is 5.31. The molecule has 0 radical (unpaired) electrons. The highest BCUT2D eigenvalue weighted by molar-refractivity contribution is 6.53. The van der Waals surface area contributed by atoms with Gasteiger partial charge in [-0.05, 0) is 6.92 Å². The number of rotatable bonds is 4. The molecule has 18 heavy (non-hydrogen) atoms. The molecule has 0 bridgehead atoms. The zero-order chi connectivity index (χ0) is 13.7. The van der Waals surface area contributed by atoms with Crippen LogP contribution in [-0.4, -0.2) is 58.4 Å². The van der Waals surface area contributed by atoms with Crippen LogP contribution >= 0.6 is 23.2 Å². The quantitative estimate of drug-likeness (QED) is 0.722. The van der Waals surface area contributed by atoms with Gasteiger partial charge in [0.1, 0.15) is 5.78 Å². The zero-order valence-electron chi connectivity index (χ0n) is 10.2. The van der Waals surface area contributed by atoms with Gasteiger partial charge in [0.05, 0.1) is 0 Å². The molecular weight excluding hydrogens is 279 g/mol. The summed E-state index contributed by atoms with van der Waals surface area (Å²) in [4.78, 5) is 36.2. The monoisotopic (exact) mass is 294 g/mol. The highest BCUT2D eigenvalue weighted by Crippen LogP contribution is 2.11. The second-order valence-electron chi connectivity index (χ2n) is 4.21. The molecule has 0 spiro atoms. The van der Waals surface area contributed by atoms with Crippen molar-refractivity contribution in [3.63, 3.8) is 0 Å². The summed E-state index contributed by atoms with van der Waals surface area (Å²) in [6, 6.07) is 0. The summed E-state index contributed by atoms with van der Waals surface area (Å²) < 4.78 is 0. The van der Waals surface area contributed by atoms with Gasteiger partial charge < -0.3 is 14.6 Å². The van der Waals surface area contributed by atoms with E-state index in [2.05, 4.69) is 0 Å². The molecule has 0 atom stereocenters. The van der Waals surface area contributed by atoms with Gasteiger partial charge in [-0.2, -0.15) is 0 Å². The van der Waals surface area contributed by atoms with Gasteiger partial charge in [0, 0.05) is 39.0 Å². The average molecular weight is 295 g/mol. The Labute approximate surface area is 116 Å². The number of carbonyl (C=O) groups excluding carboxylic acids is 3. The summed E-state index contributed by atoms with van der Waals surface area (Å²) in [5.41, 5.74) is 0. The Hall–Kier alpha value is -0.810. The van der Waals surface area contributed by atoms with Crippen LogP contribution < -0.4 is 0 Å². The number of nitrogens with zero attached hydrogens (tertiary/aromatic N) is 2. The molecule has 0 saturated carbocycles. The lowest BCUT2D eigenvalue weighted by Gasteiger charge is -2.35. The Balaban J connectivity index is 2.37. The molecule has 1 aliphatic rings. The fourth-order valence-corrected chi connectivity index (χ4v) is 2.03. The maximum Gasteiger partial charge on any atom is 0.255 e. The third kappa shape index (κ3) is 4.46. The van der Waals surface area contributed by atoms with E-state index < -0.39 is 4.84 Å². The first-order valence-corrected chi connectivity index (χ1v) is 6.63. The molecule has 0 aromatic rings. The molecule has 1 rings (SSSR count). The summed E-state index contributed by atoms with van der Waals surface area (Å²) in [7, 11) is 0. The first-order valence-electron chi connectivity index (χ1n) is 5.76. The molecule has 2 amide bonds. The largest absolute Gasteiger partial charge is 0.339 e. The number of ketones is 1. The summed E-state index contributed by atoms with van der Waals surface area (Å²) in [6.07, 6.45) is 0.500. The Morgan fingerprint density at radius 1 is 1.00 bits per heavy atom. The van der Waals surface area contributed by atoms with E-state index >= 15 is 0 Å². The molecule has 0 aliphatic carbocycles. The van der Waals surface area contributed by atoms with Crippen LogP contribution in [0.4, 0.5) is 0 Å². The van der Waals surface area contributed by atoms with Crippen LogP contribution in [0.5, 0.6) is 0 Å². The predicted molar refractivity (Wildman–Crippen MR) is 68.6 cm³/mol. The molecule has 0 N–H and O–H groups in total. The lowest BCUT2D eigenvalue weighted by molar-refractivity contribution is -0.139. The second kappa shape index (κ2) is 6.95. The number of Topliss-reactive ketones (excluding diaryl/α,β-unsaturated/α-hetero) is 1. The van der Waals surface area contributed by atoms with Gasteiger partial charge >= 0.3 is 0 Å². The normalized spacial score (nSPS) is 16.0. The molecule has 1 heterocycles. The topological polar surface area (TPSA) is 57.7 Å². The van der Waals surface area contributed by atoms with Gasteiger partial charge in [0.2, 0.25) is 5.91 Å². The minimum atomic E-state index is -1.05. The van der Waals surface area contributed by atoms with E-state index in [9.17, 15) is 14.4 Å². The average Bonchev–Trinajstić information content (AvgIpc) is 2.35. The van der Waals surface area contributed by atoms with Crippen molar-refractivity contribution in [3.8, 4) is 0 Å². The smallest absolute Gasteiger partial charge is 0.255 e. The van der Waals surface area contributed by atoms with E-state index in [0.717, 1.165) is 0 Å². The van der Waals surface area contributed by atoms with E-state index in [1.165, 1.54) is 6.92 Å². The summed E-state index contributed by atoms with van der Waals surface area (Å²) >= 11 is 11.0. The van der Waals surface area contributed by atoms with E-state index in [4.69, 9.17) is 23.2 Å². The molecule has 7 heteroatoms. The number of hydrogen-bond donors (Lipinski definition) is 0. The van der Waals surface area contributed by atoms with Crippen LogP contribution in [0, 0.1) is 0 Å². The molecule has 1 fully saturated rings. The summed E-state index contributed by atoms with van der Waals surface area (Å²) in [6.45, 7) is 3.25. The molecule has 102 valence electrons. The van der Waals surface area contributed by atoms with Gasteiger partial charge in [-0.25, -0.2) is 0 Å². The number of carbonyl (C=O) groups is 3. The molecule has 1 aliphatic heterocycles. The maximum atomic E-state index is 11.7. The Bertz CT molecular complexity index is 339. The maximum absolute atomic E-state index is 11.7. The highest BCUT2D eigenvalue weighted by Gasteiger charge is 2.26. The first kappa shape index (κ1) is 15.2. The van der Waals surface area contributed by atoms with Gasteiger partial charge in [0.25, 0.3) is 5.91 Å². The lowest BCUT2D eigenvalue weighted by atomic mass is 10.2. The van der Waals surface area contributed by atoms with Crippen molar-refractivity contribution in [1.82, 2.24) is 9.80 Å². The van der Waals surface area contributed by atoms with Gasteiger partial charge in [0.15, 0.2) is 4.84 Å². The van der Waals surface area contributed by atoms with E-state index in [1.54, 1.807) is 9.80 Å². The Kier molecular flexibility index (Phi) is 5.88. The molecule has 0 aromatic heterocycles. The van der Waals surface area contributed by atoms with Crippen LogP contribution in [0.3, 0.4) is 0 Å².